The Hall–Kier alpha value is -1.06. The molecule has 0 spiro atoms. The number of ether oxygens (including phenoxy) is 1. The third-order valence-corrected chi connectivity index (χ3v) is 8.04. The molecule has 4 unspecified atom stereocenters. The van der Waals surface area contributed by atoms with Gasteiger partial charge in [0.25, 0.3) is 0 Å². The molecule has 0 heterocycles. The predicted molar refractivity (Wildman–Crippen MR) is 147 cm³/mol. The van der Waals surface area contributed by atoms with Crippen molar-refractivity contribution in [3.05, 3.63) is 0 Å². The number of rotatable bonds is 21. The smallest absolute Gasteiger partial charge is 0.310 e. The minimum atomic E-state index is -0.833. The number of carboxylic acids is 1. The van der Waals surface area contributed by atoms with Gasteiger partial charge in [-0.05, 0) is 50.4 Å². The summed E-state index contributed by atoms with van der Waals surface area (Å²) in [5.41, 5.74) is 0. The van der Waals surface area contributed by atoms with E-state index in [-0.39, 0.29) is 12.1 Å². The van der Waals surface area contributed by atoms with Crippen LogP contribution in [0, 0.1) is 23.7 Å². The van der Waals surface area contributed by atoms with Crippen LogP contribution < -0.4 is 0 Å². The van der Waals surface area contributed by atoms with Crippen LogP contribution in [0.1, 0.15) is 156 Å². The van der Waals surface area contributed by atoms with Gasteiger partial charge in [0.1, 0.15) is 6.10 Å². The fourth-order valence-corrected chi connectivity index (χ4v) is 5.84. The largest absolute Gasteiger partial charge is 0.481 e. The summed E-state index contributed by atoms with van der Waals surface area (Å²) in [6.45, 7) is 9.05. The summed E-state index contributed by atoms with van der Waals surface area (Å²) >= 11 is 0. The molecule has 206 valence electrons. The third kappa shape index (κ3) is 14.3. The minimum absolute atomic E-state index is 0.0493. The van der Waals surface area contributed by atoms with E-state index in [0.29, 0.717) is 18.8 Å². The lowest BCUT2D eigenvalue weighted by atomic mass is 9.79. The van der Waals surface area contributed by atoms with Crippen LogP contribution in [0.15, 0.2) is 0 Å². The molecule has 35 heavy (non-hydrogen) atoms. The van der Waals surface area contributed by atoms with Gasteiger partial charge in [-0.3, -0.25) is 9.59 Å². The summed E-state index contributed by atoms with van der Waals surface area (Å²) in [6.07, 6.45) is 22.6. The van der Waals surface area contributed by atoms with Crippen LogP contribution in [0.2, 0.25) is 0 Å². The normalized spacial score (nSPS) is 20.0. The number of unbranched alkanes of at least 4 members (excludes halogenated alkanes) is 9. The molecule has 1 rings (SSSR count). The van der Waals surface area contributed by atoms with Crippen molar-refractivity contribution in [2.75, 3.05) is 0 Å². The van der Waals surface area contributed by atoms with Crippen molar-refractivity contribution in [3.8, 4) is 0 Å². The number of esters is 1. The molecule has 4 atom stereocenters. The average molecular weight is 495 g/mol. The molecular weight excluding hydrogens is 436 g/mol. The summed E-state index contributed by atoms with van der Waals surface area (Å²) in [5.74, 6) is -0.868. The first-order valence-electron chi connectivity index (χ1n) is 15.3. The predicted octanol–water partition coefficient (Wildman–Crippen LogP) is 9.34. The molecule has 1 fully saturated rings. The van der Waals surface area contributed by atoms with Crippen LogP contribution in [-0.4, -0.2) is 23.1 Å². The molecule has 0 saturated heterocycles. The van der Waals surface area contributed by atoms with Gasteiger partial charge < -0.3 is 9.84 Å². The zero-order valence-electron chi connectivity index (χ0n) is 23.7. The van der Waals surface area contributed by atoms with Crippen LogP contribution in [0.5, 0.6) is 0 Å². The van der Waals surface area contributed by atoms with Crippen LogP contribution in [0.25, 0.3) is 0 Å². The van der Waals surface area contributed by atoms with E-state index in [1.54, 1.807) is 0 Å². The average Bonchev–Trinajstić information content (AvgIpc) is 2.83. The first-order chi connectivity index (χ1) is 16.9. The van der Waals surface area contributed by atoms with E-state index in [1.807, 2.05) is 0 Å². The van der Waals surface area contributed by atoms with Crippen molar-refractivity contribution < 1.29 is 19.4 Å². The first-order valence-corrected chi connectivity index (χ1v) is 15.3. The fourth-order valence-electron chi connectivity index (χ4n) is 5.84. The fraction of sp³-hybridized carbons (Fsp3) is 0.935. The van der Waals surface area contributed by atoms with Gasteiger partial charge in [0.15, 0.2) is 0 Å². The van der Waals surface area contributed by atoms with Crippen LogP contribution in [-0.2, 0) is 14.3 Å². The van der Waals surface area contributed by atoms with Gasteiger partial charge in [-0.1, -0.05) is 118 Å². The highest BCUT2D eigenvalue weighted by molar-refractivity contribution is 5.81. The highest BCUT2D eigenvalue weighted by Crippen LogP contribution is 2.33. The van der Waals surface area contributed by atoms with Crippen molar-refractivity contribution >= 4 is 11.9 Å². The van der Waals surface area contributed by atoms with Crippen LogP contribution in [0.3, 0.4) is 0 Å². The Labute approximate surface area is 217 Å². The highest BCUT2D eigenvalue weighted by Gasteiger charge is 2.38. The Morgan fingerprint density at radius 2 is 1.26 bits per heavy atom. The van der Waals surface area contributed by atoms with E-state index in [9.17, 15) is 14.7 Å². The maximum atomic E-state index is 13.2. The van der Waals surface area contributed by atoms with E-state index in [4.69, 9.17) is 4.74 Å². The van der Waals surface area contributed by atoms with Gasteiger partial charge in [-0.25, -0.2) is 0 Å². The maximum Gasteiger partial charge on any atom is 0.310 e. The van der Waals surface area contributed by atoms with Gasteiger partial charge in [0.2, 0.25) is 0 Å². The summed E-state index contributed by atoms with van der Waals surface area (Å²) in [6, 6.07) is 0. The van der Waals surface area contributed by atoms with Crippen molar-refractivity contribution in [2.24, 2.45) is 23.7 Å². The number of carbonyl (C=O) groups excluding carboxylic acids is 1. The lowest BCUT2D eigenvalue weighted by Gasteiger charge is -2.32. The SMILES string of the molecule is CCCCCC(CCC)C(CCCCCCCCCCC(C)C)OC(=O)C1CCCCC1C(=O)O. The van der Waals surface area contributed by atoms with E-state index in [2.05, 4.69) is 27.7 Å². The zero-order valence-corrected chi connectivity index (χ0v) is 23.7. The van der Waals surface area contributed by atoms with E-state index in [1.165, 1.54) is 70.6 Å². The molecule has 1 aliphatic rings. The number of carbonyl (C=O) groups is 2. The molecule has 4 heteroatoms. The van der Waals surface area contributed by atoms with Gasteiger partial charge in [0, 0.05) is 0 Å². The van der Waals surface area contributed by atoms with Crippen molar-refractivity contribution in [2.45, 2.75) is 162 Å². The zero-order chi connectivity index (χ0) is 25.9. The Morgan fingerprint density at radius 3 is 1.80 bits per heavy atom. The second-order valence-corrected chi connectivity index (χ2v) is 11.7. The molecule has 0 aliphatic heterocycles. The van der Waals surface area contributed by atoms with E-state index in [0.717, 1.165) is 50.9 Å². The Morgan fingerprint density at radius 1 is 0.714 bits per heavy atom. The van der Waals surface area contributed by atoms with Gasteiger partial charge in [-0.15, -0.1) is 0 Å². The monoisotopic (exact) mass is 494 g/mol. The number of carboxylic acid groups (broad SMARTS) is 1. The Balaban J connectivity index is 2.57. The molecule has 0 bridgehead atoms. The second kappa shape index (κ2) is 20.0. The molecule has 0 aromatic heterocycles. The molecule has 1 saturated carbocycles. The second-order valence-electron chi connectivity index (χ2n) is 11.7. The molecule has 1 aliphatic carbocycles. The Bertz CT molecular complexity index is 544. The molecule has 4 nitrogen and oxygen atoms in total. The van der Waals surface area contributed by atoms with Crippen molar-refractivity contribution in [3.63, 3.8) is 0 Å². The lowest BCUT2D eigenvalue weighted by Crippen LogP contribution is -2.37. The number of hydrogen-bond acceptors (Lipinski definition) is 3. The molecule has 0 radical (unpaired) electrons. The molecule has 0 amide bonds. The van der Waals surface area contributed by atoms with E-state index < -0.39 is 17.8 Å². The standard InChI is InChI=1S/C31H58O4/c1-5-7-14-21-26(19-6-2)29(24-16-13-11-9-8-10-12-15-20-25(3)4)35-31(34)28-23-18-17-22-27(28)30(32)33/h25-29H,5-24H2,1-4H3,(H,32,33). The third-order valence-electron chi connectivity index (χ3n) is 8.04. The van der Waals surface area contributed by atoms with Gasteiger partial charge in [0.05, 0.1) is 11.8 Å². The van der Waals surface area contributed by atoms with E-state index >= 15 is 0 Å². The number of hydrogen-bond donors (Lipinski definition) is 1. The van der Waals surface area contributed by atoms with Crippen molar-refractivity contribution in [1.82, 2.24) is 0 Å². The van der Waals surface area contributed by atoms with Gasteiger partial charge in [-0.2, -0.15) is 0 Å². The van der Waals surface area contributed by atoms with Crippen LogP contribution >= 0.6 is 0 Å². The molecule has 0 aromatic rings. The lowest BCUT2D eigenvalue weighted by molar-refractivity contribution is -0.166. The summed E-state index contributed by atoms with van der Waals surface area (Å²) in [4.78, 5) is 24.9. The summed E-state index contributed by atoms with van der Waals surface area (Å²) in [7, 11) is 0. The highest BCUT2D eigenvalue weighted by atomic mass is 16.5. The first kappa shape index (κ1) is 32.0. The molecule has 1 N–H and O–H groups in total. The Kier molecular flexibility index (Phi) is 18.3. The summed E-state index contributed by atoms with van der Waals surface area (Å²) < 4.78 is 6.20. The van der Waals surface area contributed by atoms with Gasteiger partial charge >= 0.3 is 11.9 Å². The maximum absolute atomic E-state index is 13.2. The quantitative estimate of drug-likeness (QED) is 0.127. The number of aliphatic carboxylic acids is 1. The van der Waals surface area contributed by atoms with Crippen molar-refractivity contribution in [1.29, 1.82) is 0 Å². The summed E-state index contributed by atoms with van der Waals surface area (Å²) in [5, 5.41) is 9.64. The topological polar surface area (TPSA) is 63.6 Å². The molecule has 0 aromatic carbocycles. The van der Waals surface area contributed by atoms with Crippen LogP contribution in [0.4, 0.5) is 0 Å². The molecular formula is C31H58O4. The minimum Gasteiger partial charge on any atom is -0.481 e.